The lowest BCUT2D eigenvalue weighted by atomic mass is 10.1. The molecule has 64 valence electrons. The van der Waals surface area contributed by atoms with Gasteiger partial charge >= 0.3 is 11.9 Å². The zero-order valence-corrected chi connectivity index (χ0v) is 6.46. The van der Waals surface area contributed by atoms with E-state index in [2.05, 4.69) is 4.74 Å². The van der Waals surface area contributed by atoms with Gasteiger partial charge in [0.2, 0.25) is 0 Å². The third-order valence-electron chi connectivity index (χ3n) is 1.06. The van der Waals surface area contributed by atoms with Gasteiger partial charge in [-0.1, -0.05) is 0 Å². The lowest BCUT2D eigenvalue weighted by Gasteiger charge is -2.17. The molecule has 5 heteroatoms. The van der Waals surface area contributed by atoms with Crippen LogP contribution in [0.5, 0.6) is 0 Å². The van der Waals surface area contributed by atoms with E-state index in [1.807, 2.05) is 0 Å². The molecule has 11 heavy (non-hydrogen) atoms. The molecule has 1 atom stereocenters. The van der Waals surface area contributed by atoms with Gasteiger partial charge in [-0.3, -0.25) is 9.59 Å². The Kier molecular flexibility index (Phi) is 3.00. The Morgan fingerprint density at radius 1 is 1.64 bits per heavy atom. The van der Waals surface area contributed by atoms with Crippen LogP contribution in [0.4, 0.5) is 0 Å². The van der Waals surface area contributed by atoms with Crippen molar-refractivity contribution >= 4 is 11.9 Å². The van der Waals surface area contributed by atoms with E-state index < -0.39 is 17.5 Å². The summed E-state index contributed by atoms with van der Waals surface area (Å²) in [5.41, 5.74) is 3.74. The summed E-state index contributed by atoms with van der Waals surface area (Å²) in [6.45, 7) is 2.16. The Labute approximate surface area is 64.1 Å². The number of carbonyl (C=O) groups excluding carboxylic acids is 1. The second kappa shape index (κ2) is 3.34. The summed E-state index contributed by atoms with van der Waals surface area (Å²) < 4.78 is 4.42. The van der Waals surface area contributed by atoms with Gasteiger partial charge in [-0.2, -0.15) is 0 Å². The highest BCUT2D eigenvalue weighted by Crippen LogP contribution is 1.99. The van der Waals surface area contributed by atoms with E-state index in [1.54, 1.807) is 0 Å². The SMILES string of the molecule is CC(=O)OC[C@@](C)(N)C(=O)O. The van der Waals surface area contributed by atoms with Gasteiger partial charge < -0.3 is 15.6 Å². The van der Waals surface area contributed by atoms with Crippen LogP contribution in [0.2, 0.25) is 0 Å². The zero-order chi connectivity index (χ0) is 9.07. The topological polar surface area (TPSA) is 89.6 Å². The van der Waals surface area contributed by atoms with E-state index in [9.17, 15) is 9.59 Å². The number of carboxylic acid groups (broad SMARTS) is 1. The average Bonchev–Trinajstić information content (AvgIpc) is 1.84. The maximum Gasteiger partial charge on any atom is 0.326 e. The fourth-order valence-corrected chi connectivity index (χ4v) is 0.313. The Bertz CT molecular complexity index is 175. The van der Waals surface area contributed by atoms with Crippen LogP contribution in [0.1, 0.15) is 13.8 Å². The molecule has 0 saturated carbocycles. The number of carbonyl (C=O) groups is 2. The van der Waals surface area contributed by atoms with Crippen LogP contribution in [-0.2, 0) is 14.3 Å². The smallest absolute Gasteiger partial charge is 0.326 e. The first-order valence-electron chi connectivity index (χ1n) is 3.02. The van der Waals surface area contributed by atoms with Crippen molar-refractivity contribution in [2.24, 2.45) is 5.73 Å². The number of ether oxygens (including phenoxy) is 1. The van der Waals surface area contributed by atoms with Gasteiger partial charge in [0.1, 0.15) is 12.1 Å². The summed E-state index contributed by atoms with van der Waals surface area (Å²) in [7, 11) is 0. The van der Waals surface area contributed by atoms with Gasteiger partial charge in [0.05, 0.1) is 0 Å². The van der Waals surface area contributed by atoms with Gasteiger partial charge in [0.15, 0.2) is 0 Å². The number of nitrogens with two attached hydrogens (primary N) is 1. The second-order valence-electron chi connectivity index (χ2n) is 2.50. The fourth-order valence-electron chi connectivity index (χ4n) is 0.313. The molecule has 0 aliphatic rings. The molecule has 0 aromatic rings. The van der Waals surface area contributed by atoms with Crippen molar-refractivity contribution < 1.29 is 19.4 Å². The van der Waals surface area contributed by atoms with Gasteiger partial charge in [-0.25, -0.2) is 0 Å². The first kappa shape index (κ1) is 9.90. The molecular formula is C6H11NO4. The van der Waals surface area contributed by atoms with Crippen molar-refractivity contribution in [1.29, 1.82) is 0 Å². The molecule has 3 N–H and O–H groups in total. The van der Waals surface area contributed by atoms with Crippen LogP contribution in [0.15, 0.2) is 0 Å². The molecule has 0 fully saturated rings. The fraction of sp³-hybridized carbons (Fsp3) is 0.667. The van der Waals surface area contributed by atoms with Gasteiger partial charge in [-0.05, 0) is 6.92 Å². The number of rotatable bonds is 3. The predicted molar refractivity (Wildman–Crippen MR) is 36.9 cm³/mol. The van der Waals surface area contributed by atoms with Crippen molar-refractivity contribution in [2.75, 3.05) is 6.61 Å². The van der Waals surface area contributed by atoms with Crippen molar-refractivity contribution in [2.45, 2.75) is 19.4 Å². The first-order valence-corrected chi connectivity index (χ1v) is 3.02. The lowest BCUT2D eigenvalue weighted by molar-refractivity contribution is -0.150. The summed E-state index contributed by atoms with van der Waals surface area (Å²) in [5.74, 6) is -1.73. The van der Waals surface area contributed by atoms with Crippen LogP contribution in [0.25, 0.3) is 0 Å². The minimum Gasteiger partial charge on any atom is -0.480 e. The Hall–Kier alpha value is -1.10. The molecule has 0 rings (SSSR count). The Morgan fingerprint density at radius 2 is 2.09 bits per heavy atom. The highest BCUT2D eigenvalue weighted by atomic mass is 16.5. The van der Waals surface area contributed by atoms with E-state index in [-0.39, 0.29) is 6.61 Å². The predicted octanol–water partition coefficient (Wildman–Crippen LogP) is -0.648. The van der Waals surface area contributed by atoms with Crippen LogP contribution in [0, 0.1) is 0 Å². The monoisotopic (exact) mass is 161 g/mol. The summed E-state index contributed by atoms with van der Waals surface area (Å²) in [6.07, 6.45) is 0. The highest BCUT2D eigenvalue weighted by molar-refractivity contribution is 5.78. The first-order chi connectivity index (χ1) is 4.86. The largest absolute Gasteiger partial charge is 0.480 e. The standard InChI is InChI=1S/C6H11NO4/c1-4(8)11-3-6(2,7)5(9)10/h3,7H2,1-2H3,(H,9,10)/t6-/m1/s1. The molecule has 0 spiro atoms. The molecule has 0 heterocycles. The summed E-state index contributed by atoms with van der Waals surface area (Å²) in [4.78, 5) is 20.6. The van der Waals surface area contributed by atoms with Gasteiger partial charge in [0, 0.05) is 6.92 Å². The van der Waals surface area contributed by atoms with Gasteiger partial charge in [-0.15, -0.1) is 0 Å². The molecule has 0 aromatic heterocycles. The van der Waals surface area contributed by atoms with Crippen LogP contribution >= 0.6 is 0 Å². The average molecular weight is 161 g/mol. The summed E-state index contributed by atoms with van der Waals surface area (Å²) in [6, 6.07) is 0. The molecule has 0 aliphatic carbocycles. The Balaban J connectivity index is 3.92. The van der Waals surface area contributed by atoms with Crippen LogP contribution < -0.4 is 5.73 Å². The number of aliphatic carboxylic acids is 1. The summed E-state index contributed by atoms with van der Waals surface area (Å²) >= 11 is 0. The number of hydrogen-bond donors (Lipinski definition) is 2. The van der Waals surface area contributed by atoms with E-state index in [4.69, 9.17) is 10.8 Å². The number of carboxylic acids is 1. The van der Waals surface area contributed by atoms with E-state index >= 15 is 0 Å². The minimum atomic E-state index is -1.49. The molecule has 0 aliphatic heterocycles. The maximum atomic E-state index is 10.3. The van der Waals surface area contributed by atoms with E-state index in [0.717, 1.165) is 0 Å². The van der Waals surface area contributed by atoms with Gasteiger partial charge in [0.25, 0.3) is 0 Å². The molecule has 0 amide bonds. The molecule has 0 saturated heterocycles. The molecule has 0 radical (unpaired) electrons. The maximum absolute atomic E-state index is 10.3. The van der Waals surface area contributed by atoms with Crippen LogP contribution in [0.3, 0.4) is 0 Å². The second-order valence-corrected chi connectivity index (χ2v) is 2.50. The number of esters is 1. The third kappa shape index (κ3) is 3.57. The normalized spacial score (nSPS) is 15.2. The third-order valence-corrected chi connectivity index (χ3v) is 1.06. The van der Waals surface area contributed by atoms with E-state index in [0.29, 0.717) is 0 Å². The Morgan fingerprint density at radius 3 is 2.36 bits per heavy atom. The quantitative estimate of drug-likeness (QED) is 0.537. The lowest BCUT2D eigenvalue weighted by Crippen LogP contribution is -2.49. The minimum absolute atomic E-state index is 0.308. The number of hydrogen-bond acceptors (Lipinski definition) is 4. The molecule has 5 nitrogen and oxygen atoms in total. The molecular weight excluding hydrogens is 150 g/mol. The van der Waals surface area contributed by atoms with Crippen molar-refractivity contribution in [1.82, 2.24) is 0 Å². The van der Waals surface area contributed by atoms with Crippen molar-refractivity contribution in [3.8, 4) is 0 Å². The van der Waals surface area contributed by atoms with Crippen LogP contribution in [-0.4, -0.2) is 29.2 Å². The molecule has 0 unspecified atom stereocenters. The highest BCUT2D eigenvalue weighted by Gasteiger charge is 2.29. The molecule has 0 aromatic carbocycles. The molecule has 0 bridgehead atoms. The van der Waals surface area contributed by atoms with E-state index in [1.165, 1.54) is 13.8 Å². The van der Waals surface area contributed by atoms with Crippen molar-refractivity contribution in [3.63, 3.8) is 0 Å². The van der Waals surface area contributed by atoms with Crippen molar-refractivity contribution in [3.05, 3.63) is 0 Å². The zero-order valence-electron chi connectivity index (χ0n) is 6.46. The summed E-state index contributed by atoms with van der Waals surface area (Å²) in [5, 5.41) is 8.44.